The van der Waals surface area contributed by atoms with Gasteiger partial charge >= 0.3 is 0 Å². The Morgan fingerprint density at radius 1 is 0.484 bits per heavy atom. The van der Waals surface area contributed by atoms with Crippen molar-refractivity contribution < 1.29 is 4.94 Å². The number of anilines is 3. The van der Waals surface area contributed by atoms with Crippen molar-refractivity contribution in [3.8, 4) is 16.9 Å². The summed E-state index contributed by atoms with van der Waals surface area (Å²) in [5.74, 6) is 1.67. The molecule has 0 N–H and O–H groups in total. The molecule has 0 saturated carbocycles. The number of hydrogen-bond acceptors (Lipinski definition) is 4. The minimum atomic E-state index is -3.04. The van der Waals surface area contributed by atoms with E-state index in [-0.39, 0.29) is 6.04 Å². The van der Waals surface area contributed by atoms with Crippen molar-refractivity contribution in [3.63, 3.8) is 0 Å². The molecule has 3 heterocycles. The highest BCUT2D eigenvalue weighted by molar-refractivity contribution is 7.20. The summed E-state index contributed by atoms with van der Waals surface area (Å²) in [5, 5.41) is 11.6. The fraction of sp³-hybridized carbons (Fsp3) is 0.161. The molecule has 62 heavy (non-hydrogen) atoms. The second kappa shape index (κ2) is 15.9. The SMILES string of the molecule is CC(C)c1cccc(C(C)C)c1-c1ccnc(-n2c3ccccc3c3ccc([Si](c4ccccc4)(c4ccccc4)c4cccc(N5ON(C(C)C)c6ccccc65)c4)cc32)c1. The number of nitrogens with zero attached hydrogens (tertiary/aromatic N) is 4. The standard InChI is InChI=1S/C56H52N4OSi/c1-38(2)47-26-18-27-48(39(3)4)56(47)41-33-34-57-55(35-41)58-51-28-14-13-25-49(51)50-32-31-46(37-54(50)58)62(43-20-9-7-10-21-43,44-22-11-8-12-23-44)45-24-17-19-42(36-45)60-53-30-16-15-29-52(53)59(61-60)40(5)6/h7-40H,1-6H3. The number of pyridine rings is 1. The first kappa shape index (κ1) is 39.4. The van der Waals surface area contributed by atoms with Gasteiger partial charge in [0, 0.05) is 17.0 Å². The first-order valence-corrected chi connectivity index (χ1v) is 24.0. The van der Waals surface area contributed by atoms with Gasteiger partial charge in [-0.25, -0.2) is 10.0 Å². The molecule has 0 amide bonds. The number of aromatic nitrogens is 2. The van der Waals surface area contributed by atoms with E-state index >= 15 is 0 Å². The van der Waals surface area contributed by atoms with E-state index in [9.17, 15) is 0 Å². The van der Waals surface area contributed by atoms with Gasteiger partial charge in [-0.2, -0.15) is 5.06 Å². The Bertz CT molecular complexity index is 3000. The molecule has 0 atom stereocenters. The molecule has 7 aromatic carbocycles. The van der Waals surface area contributed by atoms with Crippen molar-refractivity contribution in [3.05, 3.63) is 199 Å². The van der Waals surface area contributed by atoms with E-state index in [1.165, 1.54) is 53.8 Å². The zero-order valence-corrected chi connectivity index (χ0v) is 37.3. The molecule has 1 aliphatic rings. The maximum Gasteiger partial charge on any atom is 0.179 e. The molecule has 0 spiro atoms. The van der Waals surface area contributed by atoms with E-state index in [0.717, 1.165) is 33.9 Å². The van der Waals surface area contributed by atoms with E-state index in [0.29, 0.717) is 11.8 Å². The summed E-state index contributed by atoms with van der Waals surface area (Å²) in [7, 11) is -3.04. The third-order valence-electron chi connectivity index (χ3n) is 12.6. The van der Waals surface area contributed by atoms with Crippen LogP contribution < -0.4 is 30.9 Å². The zero-order chi connectivity index (χ0) is 42.5. The van der Waals surface area contributed by atoms with Gasteiger partial charge in [-0.1, -0.05) is 161 Å². The van der Waals surface area contributed by atoms with Crippen LogP contribution in [0.2, 0.25) is 0 Å². The Morgan fingerprint density at radius 3 is 1.74 bits per heavy atom. The normalized spacial score (nSPS) is 13.0. The van der Waals surface area contributed by atoms with Gasteiger partial charge in [0.15, 0.2) is 8.07 Å². The topological polar surface area (TPSA) is 33.5 Å². The Labute approximate surface area is 366 Å². The highest BCUT2D eigenvalue weighted by atomic mass is 28.3. The average molecular weight is 825 g/mol. The Hall–Kier alpha value is -6.73. The second-order valence-corrected chi connectivity index (χ2v) is 21.2. The third kappa shape index (κ3) is 6.44. The molecule has 306 valence electrons. The summed E-state index contributed by atoms with van der Waals surface area (Å²) in [6.45, 7) is 13.5. The molecule has 9 aromatic rings. The van der Waals surface area contributed by atoms with Crippen LogP contribution in [-0.4, -0.2) is 23.7 Å². The summed E-state index contributed by atoms with van der Waals surface area (Å²) in [4.78, 5) is 11.8. The molecule has 5 nitrogen and oxygen atoms in total. The highest BCUT2D eigenvalue weighted by Crippen LogP contribution is 2.42. The molecular formula is C56H52N4OSi. The van der Waals surface area contributed by atoms with Crippen molar-refractivity contribution in [2.75, 3.05) is 10.1 Å². The molecule has 0 saturated heterocycles. The molecule has 0 bridgehead atoms. The number of para-hydroxylation sites is 3. The van der Waals surface area contributed by atoms with Gasteiger partial charge in [-0.3, -0.25) is 4.57 Å². The average Bonchev–Trinajstić information content (AvgIpc) is 3.86. The molecule has 10 rings (SSSR count). The van der Waals surface area contributed by atoms with E-state index in [1.54, 1.807) is 0 Å². The third-order valence-corrected chi connectivity index (χ3v) is 17.4. The van der Waals surface area contributed by atoms with Crippen LogP contribution in [0.5, 0.6) is 0 Å². The molecule has 0 fully saturated rings. The predicted octanol–water partition coefficient (Wildman–Crippen LogP) is 11.7. The minimum absolute atomic E-state index is 0.155. The summed E-state index contributed by atoms with van der Waals surface area (Å²) in [6, 6.07) is 67.3. The van der Waals surface area contributed by atoms with Crippen LogP contribution in [-0.2, 0) is 4.94 Å². The fourth-order valence-corrected chi connectivity index (χ4v) is 14.6. The van der Waals surface area contributed by atoms with Gasteiger partial charge in [-0.05, 0) is 117 Å². The minimum Gasteiger partial charge on any atom is -0.294 e. The van der Waals surface area contributed by atoms with Gasteiger partial charge in [0.1, 0.15) is 5.82 Å². The molecule has 6 heteroatoms. The largest absolute Gasteiger partial charge is 0.294 e. The number of benzene rings is 7. The monoisotopic (exact) mass is 824 g/mol. The number of rotatable bonds is 10. The van der Waals surface area contributed by atoms with Crippen LogP contribution in [0.1, 0.15) is 64.5 Å². The fourth-order valence-electron chi connectivity index (χ4n) is 9.83. The van der Waals surface area contributed by atoms with Gasteiger partial charge in [0.25, 0.3) is 0 Å². The quantitative estimate of drug-likeness (QED) is 0.102. The summed E-state index contributed by atoms with van der Waals surface area (Å²) in [5.41, 5.74) is 10.6. The predicted molar refractivity (Wildman–Crippen MR) is 263 cm³/mol. The zero-order valence-electron chi connectivity index (χ0n) is 36.3. The van der Waals surface area contributed by atoms with Crippen LogP contribution in [0.15, 0.2) is 188 Å². The van der Waals surface area contributed by atoms with Crippen molar-refractivity contribution in [2.24, 2.45) is 0 Å². The van der Waals surface area contributed by atoms with Crippen molar-refractivity contribution in [1.29, 1.82) is 0 Å². The van der Waals surface area contributed by atoms with Crippen molar-refractivity contribution in [2.45, 2.75) is 59.4 Å². The van der Waals surface area contributed by atoms with Gasteiger partial charge in [0.2, 0.25) is 0 Å². The van der Waals surface area contributed by atoms with Crippen LogP contribution >= 0.6 is 0 Å². The Morgan fingerprint density at radius 2 is 1.06 bits per heavy atom. The lowest BCUT2D eigenvalue weighted by molar-refractivity contribution is 0.113. The van der Waals surface area contributed by atoms with E-state index in [2.05, 4.69) is 228 Å². The van der Waals surface area contributed by atoms with E-state index in [4.69, 9.17) is 9.92 Å². The Kier molecular flexibility index (Phi) is 10.1. The van der Waals surface area contributed by atoms with Crippen LogP contribution in [0.4, 0.5) is 17.1 Å². The van der Waals surface area contributed by atoms with Gasteiger partial charge in [-0.15, -0.1) is 4.94 Å². The van der Waals surface area contributed by atoms with Crippen LogP contribution in [0.3, 0.4) is 0 Å². The summed E-state index contributed by atoms with van der Waals surface area (Å²) >= 11 is 0. The Balaban J connectivity index is 1.23. The first-order valence-electron chi connectivity index (χ1n) is 22.0. The molecule has 0 radical (unpaired) electrons. The molecule has 0 aliphatic carbocycles. The molecule has 0 unspecified atom stereocenters. The lowest BCUT2D eigenvalue weighted by atomic mass is 9.85. The lowest BCUT2D eigenvalue weighted by Crippen LogP contribution is -2.74. The smallest absolute Gasteiger partial charge is 0.179 e. The van der Waals surface area contributed by atoms with E-state index < -0.39 is 8.07 Å². The summed E-state index contributed by atoms with van der Waals surface area (Å²) in [6.07, 6.45) is 1.99. The maximum atomic E-state index is 6.67. The molecular weight excluding hydrogens is 773 g/mol. The maximum absolute atomic E-state index is 6.67. The van der Waals surface area contributed by atoms with Gasteiger partial charge < -0.3 is 0 Å². The van der Waals surface area contributed by atoms with Crippen molar-refractivity contribution >= 4 is 67.7 Å². The van der Waals surface area contributed by atoms with Crippen molar-refractivity contribution in [1.82, 2.24) is 9.55 Å². The number of hydrogen-bond donors (Lipinski definition) is 0. The first-order chi connectivity index (χ1) is 30.3. The second-order valence-electron chi connectivity index (χ2n) is 17.4. The number of fused-ring (bicyclic) bond motifs is 4. The lowest BCUT2D eigenvalue weighted by Gasteiger charge is -2.35. The van der Waals surface area contributed by atoms with Gasteiger partial charge in [0.05, 0.1) is 34.1 Å². The molecule has 2 aromatic heterocycles. The van der Waals surface area contributed by atoms with Crippen LogP contribution in [0, 0.1) is 0 Å². The summed E-state index contributed by atoms with van der Waals surface area (Å²) < 4.78 is 2.39. The molecule has 1 aliphatic heterocycles. The number of hydroxylamine groups is 1. The van der Waals surface area contributed by atoms with Crippen LogP contribution in [0.25, 0.3) is 38.8 Å². The highest BCUT2D eigenvalue weighted by Gasteiger charge is 2.43. The van der Waals surface area contributed by atoms with E-state index in [1.807, 2.05) is 16.3 Å².